The van der Waals surface area contributed by atoms with Crippen molar-refractivity contribution < 1.29 is 4.79 Å². The van der Waals surface area contributed by atoms with Gasteiger partial charge in [0.25, 0.3) is 0 Å². The van der Waals surface area contributed by atoms with Crippen LogP contribution in [-0.2, 0) is 4.79 Å². The van der Waals surface area contributed by atoms with E-state index in [0.29, 0.717) is 11.8 Å². The molecule has 0 atom stereocenters. The Morgan fingerprint density at radius 1 is 1.06 bits per heavy atom. The van der Waals surface area contributed by atoms with E-state index in [-0.39, 0.29) is 0 Å². The number of nitrogens with one attached hydrogen (secondary N) is 1. The zero-order chi connectivity index (χ0) is 12.5. The molecule has 1 N–H and O–H groups in total. The maximum absolute atomic E-state index is 11.9. The SMILES string of the molecule is CCCCCCCNC(=O)C1CCC(C)CC1. The average molecular weight is 239 g/mol. The van der Waals surface area contributed by atoms with E-state index in [4.69, 9.17) is 0 Å². The molecule has 0 aliphatic heterocycles. The van der Waals surface area contributed by atoms with E-state index < -0.39 is 0 Å². The first kappa shape index (κ1) is 14.5. The maximum Gasteiger partial charge on any atom is 0.223 e. The lowest BCUT2D eigenvalue weighted by Crippen LogP contribution is -2.33. The summed E-state index contributed by atoms with van der Waals surface area (Å²) in [5, 5.41) is 3.11. The molecule has 1 aliphatic rings. The normalized spacial score (nSPS) is 24.6. The van der Waals surface area contributed by atoms with Gasteiger partial charge in [0, 0.05) is 12.5 Å². The summed E-state index contributed by atoms with van der Waals surface area (Å²) in [6.45, 7) is 5.41. The van der Waals surface area contributed by atoms with Gasteiger partial charge in [-0.3, -0.25) is 4.79 Å². The molecule has 1 saturated carbocycles. The topological polar surface area (TPSA) is 29.1 Å². The molecule has 1 amide bonds. The van der Waals surface area contributed by atoms with Crippen LogP contribution in [0, 0.1) is 11.8 Å². The Bertz CT molecular complexity index is 207. The van der Waals surface area contributed by atoms with Crippen LogP contribution in [0.2, 0.25) is 0 Å². The standard InChI is InChI=1S/C15H29NO/c1-3-4-5-6-7-12-16-15(17)14-10-8-13(2)9-11-14/h13-14H,3-12H2,1-2H3,(H,16,17). The Kier molecular flexibility index (Phi) is 7.30. The summed E-state index contributed by atoms with van der Waals surface area (Å²) in [5.74, 6) is 1.45. The molecule has 1 rings (SSSR count). The maximum atomic E-state index is 11.9. The molecule has 1 aliphatic carbocycles. The average Bonchev–Trinajstić information content (AvgIpc) is 2.34. The van der Waals surface area contributed by atoms with Crippen LogP contribution >= 0.6 is 0 Å². The van der Waals surface area contributed by atoms with Gasteiger partial charge in [0.05, 0.1) is 0 Å². The Labute approximate surface area is 107 Å². The van der Waals surface area contributed by atoms with E-state index in [1.807, 2.05) is 0 Å². The minimum Gasteiger partial charge on any atom is -0.356 e. The molecule has 17 heavy (non-hydrogen) atoms. The Hall–Kier alpha value is -0.530. The molecular formula is C15H29NO. The first-order valence-corrected chi connectivity index (χ1v) is 7.51. The molecule has 0 radical (unpaired) electrons. The van der Waals surface area contributed by atoms with Crippen molar-refractivity contribution in [2.45, 2.75) is 71.6 Å². The van der Waals surface area contributed by atoms with E-state index in [2.05, 4.69) is 19.2 Å². The highest BCUT2D eigenvalue weighted by Gasteiger charge is 2.23. The number of carbonyl (C=O) groups is 1. The van der Waals surface area contributed by atoms with Gasteiger partial charge in [0.2, 0.25) is 5.91 Å². The second kappa shape index (κ2) is 8.54. The third kappa shape index (κ3) is 6.09. The lowest BCUT2D eigenvalue weighted by atomic mass is 9.82. The minimum absolute atomic E-state index is 0.307. The van der Waals surface area contributed by atoms with Gasteiger partial charge in [-0.2, -0.15) is 0 Å². The lowest BCUT2D eigenvalue weighted by molar-refractivity contribution is -0.126. The quantitative estimate of drug-likeness (QED) is 0.671. The molecular weight excluding hydrogens is 210 g/mol. The van der Waals surface area contributed by atoms with Crippen LogP contribution < -0.4 is 5.32 Å². The van der Waals surface area contributed by atoms with Gasteiger partial charge in [-0.1, -0.05) is 39.5 Å². The largest absolute Gasteiger partial charge is 0.356 e. The summed E-state index contributed by atoms with van der Waals surface area (Å²) in [5.41, 5.74) is 0. The second-order valence-corrected chi connectivity index (χ2v) is 5.66. The van der Waals surface area contributed by atoms with Gasteiger partial charge in [0.1, 0.15) is 0 Å². The predicted octanol–water partition coefficient (Wildman–Crippen LogP) is 3.90. The van der Waals surface area contributed by atoms with Crippen LogP contribution in [0.4, 0.5) is 0 Å². The molecule has 0 heterocycles. The van der Waals surface area contributed by atoms with Crippen LogP contribution in [0.15, 0.2) is 0 Å². The van der Waals surface area contributed by atoms with E-state index in [0.717, 1.165) is 31.7 Å². The summed E-state index contributed by atoms with van der Waals surface area (Å²) in [6, 6.07) is 0. The fourth-order valence-corrected chi connectivity index (χ4v) is 2.61. The van der Waals surface area contributed by atoms with Gasteiger partial charge >= 0.3 is 0 Å². The van der Waals surface area contributed by atoms with Crippen molar-refractivity contribution in [2.24, 2.45) is 11.8 Å². The molecule has 100 valence electrons. The highest BCUT2D eigenvalue weighted by Crippen LogP contribution is 2.28. The molecule has 0 saturated heterocycles. The number of amides is 1. The highest BCUT2D eigenvalue weighted by molar-refractivity contribution is 5.78. The van der Waals surface area contributed by atoms with E-state index in [1.165, 1.54) is 38.5 Å². The van der Waals surface area contributed by atoms with Crippen LogP contribution in [-0.4, -0.2) is 12.5 Å². The third-order valence-electron chi connectivity index (χ3n) is 3.97. The molecule has 0 bridgehead atoms. The number of hydrogen-bond acceptors (Lipinski definition) is 1. The lowest BCUT2D eigenvalue weighted by Gasteiger charge is -2.25. The fraction of sp³-hybridized carbons (Fsp3) is 0.933. The van der Waals surface area contributed by atoms with Crippen LogP contribution in [0.1, 0.15) is 71.6 Å². The predicted molar refractivity (Wildman–Crippen MR) is 72.9 cm³/mol. The van der Waals surface area contributed by atoms with Crippen molar-refractivity contribution in [3.05, 3.63) is 0 Å². The monoisotopic (exact) mass is 239 g/mol. The summed E-state index contributed by atoms with van der Waals surface area (Å²) in [6.07, 6.45) is 11.0. The zero-order valence-electron chi connectivity index (χ0n) is 11.6. The molecule has 2 heteroatoms. The Morgan fingerprint density at radius 3 is 2.35 bits per heavy atom. The Balaban J connectivity index is 2.01. The van der Waals surface area contributed by atoms with E-state index >= 15 is 0 Å². The van der Waals surface area contributed by atoms with Crippen LogP contribution in [0.25, 0.3) is 0 Å². The number of carbonyl (C=O) groups excluding carboxylic acids is 1. The van der Waals surface area contributed by atoms with Crippen molar-refractivity contribution >= 4 is 5.91 Å². The molecule has 0 spiro atoms. The van der Waals surface area contributed by atoms with Crippen molar-refractivity contribution in [3.8, 4) is 0 Å². The fourth-order valence-electron chi connectivity index (χ4n) is 2.61. The zero-order valence-corrected chi connectivity index (χ0v) is 11.6. The van der Waals surface area contributed by atoms with E-state index in [9.17, 15) is 4.79 Å². The molecule has 0 aromatic heterocycles. The Morgan fingerprint density at radius 2 is 1.71 bits per heavy atom. The van der Waals surface area contributed by atoms with Crippen molar-refractivity contribution in [2.75, 3.05) is 6.54 Å². The first-order chi connectivity index (χ1) is 8.24. The highest BCUT2D eigenvalue weighted by atomic mass is 16.1. The second-order valence-electron chi connectivity index (χ2n) is 5.66. The minimum atomic E-state index is 0.307. The van der Waals surface area contributed by atoms with Gasteiger partial charge < -0.3 is 5.32 Å². The smallest absolute Gasteiger partial charge is 0.223 e. The van der Waals surface area contributed by atoms with Gasteiger partial charge in [0.15, 0.2) is 0 Å². The number of unbranched alkanes of at least 4 members (excludes halogenated alkanes) is 4. The third-order valence-corrected chi connectivity index (χ3v) is 3.97. The van der Waals surface area contributed by atoms with Crippen molar-refractivity contribution in [3.63, 3.8) is 0 Å². The van der Waals surface area contributed by atoms with Gasteiger partial charge in [-0.05, 0) is 38.0 Å². The number of rotatable bonds is 7. The molecule has 2 nitrogen and oxygen atoms in total. The summed E-state index contributed by atoms with van der Waals surface area (Å²) < 4.78 is 0. The van der Waals surface area contributed by atoms with Gasteiger partial charge in [-0.25, -0.2) is 0 Å². The van der Waals surface area contributed by atoms with Crippen molar-refractivity contribution in [1.82, 2.24) is 5.32 Å². The first-order valence-electron chi connectivity index (χ1n) is 7.51. The summed E-state index contributed by atoms with van der Waals surface area (Å²) >= 11 is 0. The van der Waals surface area contributed by atoms with Crippen molar-refractivity contribution in [1.29, 1.82) is 0 Å². The van der Waals surface area contributed by atoms with E-state index in [1.54, 1.807) is 0 Å². The van der Waals surface area contributed by atoms with Crippen LogP contribution in [0.3, 0.4) is 0 Å². The molecule has 0 aromatic rings. The summed E-state index contributed by atoms with van der Waals surface area (Å²) in [7, 11) is 0. The summed E-state index contributed by atoms with van der Waals surface area (Å²) in [4.78, 5) is 11.9. The molecule has 0 unspecified atom stereocenters. The molecule has 1 fully saturated rings. The van der Waals surface area contributed by atoms with Gasteiger partial charge in [-0.15, -0.1) is 0 Å². The molecule has 0 aromatic carbocycles. The number of hydrogen-bond donors (Lipinski definition) is 1. The van der Waals surface area contributed by atoms with Crippen LogP contribution in [0.5, 0.6) is 0 Å².